The minimum atomic E-state index is -0.857. The van der Waals surface area contributed by atoms with Gasteiger partial charge in [0, 0.05) is 7.05 Å². The Labute approximate surface area is 66.2 Å². The molecule has 2 N–H and O–H groups in total. The number of carbonyl (C=O) groups is 1. The Morgan fingerprint density at radius 2 is 2.36 bits per heavy atom. The smallest absolute Gasteiger partial charge is 0.408 e. The molecule has 0 aromatic heterocycles. The van der Waals surface area contributed by atoms with Gasteiger partial charge in [-0.3, -0.25) is 10.2 Å². The first kappa shape index (κ1) is 8.33. The number of piperidine rings is 1. The molecule has 1 fully saturated rings. The highest BCUT2D eigenvalue weighted by Crippen LogP contribution is 2.09. The van der Waals surface area contributed by atoms with Crippen LogP contribution in [0.2, 0.25) is 0 Å². The van der Waals surface area contributed by atoms with Crippen molar-refractivity contribution in [3.05, 3.63) is 0 Å². The van der Waals surface area contributed by atoms with Gasteiger partial charge in [-0.2, -0.15) is 0 Å². The highest BCUT2D eigenvalue weighted by molar-refractivity contribution is 5.64. The summed E-state index contributed by atoms with van der Waals surface area (Å²) in [6.07, 6.45) is 2.38. The maximum atomic E-state index is 10.5. The lowest BCUT2D eigenvalue weighted by Crippen LogP contribution is -2.48. The van der Waals surface area contributed by atoms with Crippen molar-refractivity contribution in [3.8, 4) is 0 Å². The van der Waals surface area contributed by atoms with Crippen LogP contribution in [0.5, 0.6) is 0 Å². The molecule has 0 aliphatic carbocycles. The van der Waals surface area contributed by atoms with Crippen molar-refractivity contribution in [3.63, 3.8) is 0 Å². The summed E-state index contributed by atoms with van der Waals surface area (Å²) < 4.78 is 0. The summed E-state index contributed by atoms with van der Waals surface area (Å²) in [6, 6.07) is 0. The van der Waals surface area contributed by atoms with Gasteiger partial charge in [0.2, 0.25) is 0 Å². The number of amides is 1. The third-order valence-corrected chi connectivity index (χ3v) is 2.05. The SMILES string of the molecule is CN(C(=O)O)C1CCCCN1. The Morgan fingerprint density at radius 1 is 1.64 bits per heavy atom. The normalized spacial score (nSPS) is 24.6. The minimum absolute atomic E-state index is 0.0289. The molecule has 1 aliphatic rings. The van der Waals surface area contributed by atoms with Gasteiger partial charge < -0.3 is 5.11 Å². The Hall–Kier alpha value is -0.770. The molecule has 11 heavy (non-hydrogen) atoms. The van der Waals surface area contributed by atoms with Gasteiger partial charge >= 0.3 is 6.09 Å². The number of carboxylic acid groups (broad SMARTS) is 1. The molecule has 1 heterocycles. The molecule has 1 saturated heterocycles. The molecule has 1 amide bonds. The predicted octanol–water partition coefficient (Wildman–Crippen LogP) is 0.696. The minimum Gasteiger partial charge on any atom is -0.465 e. The van der Waals surface area contributed by atoms with Crippen LogP contribution in [-0.2, 0) is 0 Å². The van der Waals surface area contributed by atoms with Gasteiger partial charge in [0.1, 0.15) is 0 Å². The van der Waals surface area contributed by atoms with Gasteiger partial charge in [0.05, 0.1) is 6.17 Å². The monoisotopic (exact) mass is 158 g/mol. The maximum Gasteiger partial charge on any atom is 0.408 e. The molecule has 1 atom stereocenters. The standard InChI is InChI=1S/C7H14N2O2/c1-9(7(10)11)6-4-2-3-5-8-6/h6,8H,2-5H2,1H3,(H,10,11). The van der Waals surface area contributed by atoms with Gasteiger partial charge in [0.25, 0.3) is 0 Å². The van der Waals surface area contributed by atoms with E-state index in [4.69, 9.17) is 5.11 Å². The fourth-order valence-electron chi connectivity index (χ4n) is 1.30. The zero-order valence-corrected chi connectivity index (χ0v) is 6.71. The third-order valence-electron chi connectivity index (χ3n) is 2.05. The third kappa shape index (κ3) is 2.08. The van der Waals surface area contributed by atoms with Crippen LogP contribution in [0.25, 0.3) is 0 Å². The van der Waals surface area contributed by atoms with Crippen LogP contribution in [0.1, 0.15) is 19.3 Å². The van der Waals surface area contributed by atoms with Crippen LogP contribution in [-0.4, -0.2) is 35.9 Å². The largest absolute Gasteiger partial charge is 0.465 e. The lowest BCUT2D eigenvalue weighted by atomic mass is 10.1. The molecule has 64 valence electrons. The summed E-state index contributed by atoms with van der Waals surface area (Å²) >= 11 is 0. The molecular weight excluding hydrogens is 144 g/mol. The van der Waals surface area contributed by atoms with Crippen molar-refractivity contribution in [2.75, 3.05) is 13.6 Å². The second-order valence-corrected chi connectivity index (χ2v) is 2.86. The van der Waals surface area contributed by atoms with Crippen LogP contribution >= 0.6 is 0 Å². The van der Waals surface area contributed by atoms with E-state index in [1.165, 1.54) is 4.90 Å². The number of nitrogens with zero attached hydrogens (tertiary/aromatic N) is 1. The first-order valence-electron chi connectivity index (χ1n) is 3.91. The summed E-state index contributed by atoms with van der Waals surface area (Å²) in [6.45, 7) is 0.933. The second kappa shape index (κ2) is 3.57. The molecule has 0 radical (unpaired) electrons. The predicted molar refractivity (Wildman–Crippen MR) is 41.4 cm³/mol. The highest BCUT2D eigenvalue weighted by atomic mass is 16.4. The van der Waals surface area contributed by atoms with E-state index < -0.39 is 6.09 Å². The Balaban J connectivity index is 2.38. The number of nitrogens with one attached hydrogen (secondary N) is 1. The molecule has 1 unspecified atom stereocenters. The van der Waals surface area contributed by atoms with E-state index in [0.717, 1.165) is 25.8 Å². The number of hydrogen-bond acceptors (Lipinski definition) is 2. The van der Waals surface area contributed by atoms with Gasteiger partial charge in [-0.25, -0.2) is 4.79 Å². The first-order chi connectivity index (χ1) is 5.22. The first-order valence-corrected chi connectivity index (χ1v) is 3.91. The fourth-order valence-corrected chi connectivity index (χ4v) is 1.30. The lowest BCUT2D eigenvalue weighted by Gasteiger charge is -2.29. The number of hydrogen-bond donors (Lipinski definition) is 2. The van der Waals surface area contributed by atoms with Crippen molar-refractivity contribution in [1.29, 1.82) is 0 Å². The molecule has 0 aromatic rings. The van der Waals surface area contributed by atoms with E-state index in [1.807, 2.05) is 0 Å². The molecule has 0 bridgehead atoms. The average molecular weight is 158 g/mol. The molecule has 0 aromatic carbocycles. The van der Waals surface area contributed by atoms with Crippen LogP contribution in [0.4, 0.5) is 4.79 Å². The van der Waals surface area contributed by atoms with Gasteiger partial charge in [-0.15, -0.1) is 0 Å². The van der Waals surface area contributed by atoms with Crippen LogP contribution < -0.4 is 5.32 Å². The summed E-state index contributed by atoms with van der Waals surface area (Å²) in [5.41, 5.74) is 0. The van der Waals surface area contributed by atoms with Crippen LogP contribution in [0.15, 0.2) is 0 Å². The molecule has 1 rings (SSSR count). The van der Waals surface area contributed by atoms with Crippen molar-refractivity contribution in [2.24, 2.45) is 0 Å². The molecular formula is C7H14N2O2. The quantitative estimate of drug-likeness (QED) is 0.590. The van der Waals surface area contributed by atoms with Crippen LogP contribution in [0, 0.1) is 0 Å². The summed E-state index contributed by atoms with van der Waals surface area (Å²) in [7, 11) is 1.60. The zero-order valence-electron chi connectivity index (χ0n) is 6.71. The van der Waals surface area contributed by atoms with E-state index in [2.05, 4.69) is 5.32 Å². The van der Waals surface area contributed by atoms with Crippen molar-refractivity contribution in [1.82, 2.24) is 10.2 Å². The van der Waals surface area contributed by atoms with E-state index >= 15 is 0 Å². The molecule has 0 saturated carbocycles. The van der Waals surface area contributed by atoms with Crippen LogP contribution in [0.3, 0.4) is 0 Å². The lowest BCUT2D eigenvalue weighted by molar-refractivity contribution is 0.119. The molecule has 4 nitrogen and oxygen atoms in total. The molecule has 0 spiro atoms. The molecule has 4 heteroatoms. The summed E-state index contributed by atoms with van der Waals surface area (Å²) in [5.74, 6) is 0. The van der Waals surface area contributed by atoms with Crippen molar-refractivity contribution < 1.29 is 9.90 Å². The number of rotatable bonds is 1. The Kier molecular flexibility index (Phi) is 2.70. The summed E-state index contributed by atoms with van der Waals surface area (Å²) in [5, 5.41) is 11.8. The molecule has 1 aliphatic heterocycles. The summed E-state index contributed by atoms with van der Waals surface area (Å²) in [4.78, 5) is 11.8. The van der Waals surface area contributed by atoms with E-state index in [1.54, 1.807) is 7.05 Å². The fraction of sp³-hybridized carbons (Fsp3) is 0.857. The average Bonchev–Trinajstić information content (AvgIpc) is 2.05. The topological polar surface area (TPSA) is 52.6 Å². The highest BCUT2D eigenvalue weighted by Gasteiger charge is 2.20. The van der Waals surface area contributed by atoms with Gasteiger partial charge in [-0.1, -0.05) is 0 Å². The maximum absolute atomic E-state index is 10.5. The van der Waals surface area contributed by atoms with Crippen molar-refractivity contribution in [2.45, 2.75) is 25.4 Å². The Bertz CT molecular complexity index is 143. The Morgan fingerprint density at radius 3 is 2.82 bits per heavy atom. The van der Waals surface area contributed by atoms with Gasteiger partial charge in [-0.05, 0) is 25.8 Å². The second-order valence-electron chi connectivity index (χ2n) is 2.86. The van der Waals surface area contributed by atoms with Crippen molar-refractivity contribution >= 4 is 6.09 Å². The van der Waals surface area contributed by atoms with E-state index in [-0.39, 0.29) is 6.17 Å². The van der Waals surface area contributed by atoms with E-state index in [9.17, 15) is 4.79 Å². The zero-order chi connectivity index (χ0) is 8.27. The van der Waals surface area contributed by atoms with E-state index in [0.29, 0.717) is 0 Å². The van der Waals surface area contributed by atoms with Gasteiger partial charge in [0.15, 0.2) is 0 Å².